The number of esters is 1. The van der Waals surface area contributed by atoms with Gasteiger partial charge in [0.1, 0.15) is 5.82 Å². The predicted molar refractivity (Wildman–Crippen MR) is 118 cm³/mol. The lowest BCUT2D eigenvalue weighted by Crippen LogP contribution is -2.30. The number of H-pyrrole nitrogens is 1. The molecule has 0 aliphatic carbocycles. The zero-order valence-corrected chi connectivity index (χ0v) is 17.9. The number of carbonyl (C=O) groups is 2. The maximum atomic E-state index is 12.4. The number of imidazole rings is 1. The lowest BCUT2D eigenvalue weighted by molar-refractivity contribution is -0.123. The summed E-state index contributed by atoms with van der Waals surface area (Å²) in [6.45, 7) is 9.67. The Labute approximate surface area is 176 Å². The highest BCUT2D eigenvalue weighted by molar-refractivity contribution is 5.97. The van der Waals surface area contributed by atoms with Gasteiger partial charge in [0.2, 0.25) is 0 Å². The summed E-state index contributed by atoms with van der Waals surface area (Å²) in [5.74, 6) is 0.243. The van der Waals surface area contributed by atoms with Crippen molar-refractivity contribution < 1.29 is 14.3 Å². The van der Waals surface area contributed by atoms with E-state index in [4.69, 9.17) is 4.74 Å². The van der Waals surface area contributed by atoms with Crippen LogP contribution in [0.15, 0.2) is 48.5 Å². The number of ether oxygens (including phenoxy) is 1. The minimum Gasteiger partial charge on any atom is -0.449 e. The molecule has 6 nitrogen and oxygen atoms in total. The molecule has 1 heterocycles. The Kier molecular flexibility index (Phi) is 6.35. The third-order valence-corrected chi connectivity index (χ3v) is 5.02. The molecular weight excluding hydrogens is 378 g/mol. The summed E-state index contributed by atoms with van der Waals surface area (Å²) in [4.78, 5) is 32.4. The third kappa shape index (κ3) is 4.95. The fourth-order valence-electron chi connectivity index (χ4n) is 2.93. The highest BCUT2D eigenvalue weighted by atomic mass is 16.5. The fourth-order valence-corrected chi connectivity index (χ4v) is 2.93. The highest BCUT2D eigenvalue weighted by Gasteiger charge is 2.19. The molecule has 1 unspecified atom stereocenters. The number of aryl methyl sites for hydroxylation is 2. The molecule has 1 aromatic heterocycles. The number of hydrogen-bond acceptors (Lipinski definition) is 4. The van der Waals surface area contributed by atoms with Crippen LogP contribution in [0.2, 0.25) is 0 Å². The second-order valence-corrected chi connectivity index (χ2v) is 7.69. The number of benzene rings is 2. The SMILES string of the molecule is Cc1nc(-c2ccc(C(=O)OC(C)C(=O)Nc3ccc(C(C)C)cc3)cc2)[nH]c1C. The Morgan fingerprint density at radius 2 is 1.60 bits per heavy atom. The molecule has 0 radical (unpaired) electrons. The summed E-state index contributed by atoms with van der Waals surface area (Å²) in [5, 5.41) is 2.77. The minimum atomic E-state index is -0.919. The van der Waals surface area contributed by atoms with Crippen LogP contribution in [0.3, 0.4) is 0 Å². The van der Waals surface area contributed by atoms with E-state index >= 15 is 0 Å². The Morgan fingerprint density at radius 1 is 0.967 bits per heavy atom. The number of amides is 1. The van der Waals surface area contributed by atoms with Crippen molar-refractivity contribution in [3.63, 3.8) is 0 Å². The van der Waals surface area contributed by atoms with Gasteiger partial charge in [-0.25, -0.2) is 9.78 Å². The molecule has 0 spiro atoms. The summed E-state index contributed by atoms with van der Waals surface area (Å²) >= 11 is 0. The number of nitrogens with one attached hydrogen (secondary N) is 2. The van der Waals surface area contributed by atoms with E-state index in [0.717, 1.165) is 22.8 Å². The minimum absolute atomic E-state index is 0.375. The Hall–Kier alpha value is -3.41. The van der Waals surface area contributed by atoms with Crippen molar-refractivity contribution in [3.05, 3.63) is 71.0 Å². The monoisotopic (exact) mass is 405 g/mol. The van der Waals surface area contributed by atoms with Crippen molar-refractivity contribution in [3.8, 4) is 11.4 Å². The van der Waals surface area contributed by atoms with Gasteiger partial charge in [-0.3, -0.25) is 4.79 Å². The van der Waals surface area contributed by atoms with Gasteiger partial charge in [0.25, 0.3) is 5.91 Å². The first-order valence-corrected chi connectivity index (χ1v) is 10.00. The molecule has 1 atom stereocenters. The van der Waals surface area contributed by atoms with Crippen LogP contribution in [0.5, 0.6) is 0 Å². The first-order chi connectivity index (χ1) is 14.2. The van der Waals surface area contributed by atoms with Gasteiger partial charge in [-0.05, 0) is 56.5 Å². The molecular formula is C24H27N3O3. The van der Waals surface area contributed by atoms with E-state index in [1.54, 1.807) is 31.2 Å². The van der Waals surface area contributed by atoms with E-state index < -0.39 is 12.1 Å². The molecule has 0 fully saturated rings. The van der Waals surface area contributed by atoms with Gasteiger partial charge in [0.15, 0.2) is 6.10 Å². The zero-order chi connectivity index (χ0) is 21.8. The topological polar surface area (TPSA) is 84.1 Å². The van der Waals surface area contributed by atoms with Crippen molar-refractivity contribution in [2.45, 2.75) is 46.6 Å². The van der Waals surface area contributed by atoms with Crippen molar-refractivity contribution in [2.75, 3.05) is 5.32 Å². The highest BCUT2D eigenvalue weighted by Crippen LogP contribution is 2.20. The second-order valence-electron chi connectivity index (χ2n) is 7.69. The van der Waals surface area contributed by atoms with E-state index in [9.17, 15) is 9.59 Å². The maximum Gasteiger partial charge on any atom is 0.338 e. The van der Waals surface area contributed by atoms with Crippen molar-refractivity contribution in [2.24, 2.45) is 0 Å². The van der Waals surface area contributed by atoms with Crippen LogP contribution in [0, 0.1) is 13.8 Å². The molecule has 1 amide bonds. The number of nitrogens with zero attached hydrogens (tertiary/aromatic N) is 1. The average Bonchev–Trinajstić information content (AvgIpc) is 3.06. The molecule has 0 saturated carbocycles. The van der Waals surface area contributed by atoms with Gasteiger partial charge < -0.3 is 15.0 Å². The number of anilines is 1. The lowest BCUT2D eigenvalue weighted by atomic mass is 10.0. The van der Waals surface area contributed by atoms with Gasteiger partial charge in [-0.15, -0.1) is 0 Å². The van der Waals surface area contributed by atoms with Crippen LogP contribution < -0.4 is 5.32 Å². The molecule has 3 rings (SSSR count). The zero-order valence-electron chi connectivity index (χ0n) is 17.9. The van der Waals surface area contributed by atoms with Crippen LogP contribution >= 0.6 is 0 Å². The van der Waals surface area contributed by atoms with Crippen LogP contribution in [0.1, 0.15) is 54.0 Å². The Bertz CT molecular complexity index is 1020. The van der Waals surface area contributed by atoms with Gasteiger partial charge in [0, 0.05) is 16.9 Å². The van der Waals surface area contributed by atoms with Crippen LogP contribution in [0.25, 0.3) is 11.4 Å². The van der Waals surface area contributed by atoms with E-state index in [1.807, 2.05) is 38.1 Å². The third-order valence-electron chi connectivity index (χ3n) is 5.02. The first-order valence-electron chi connectivity index (χ1n) is 10.00. The molecule has 156 valence electrons. The molecule has 3 aromatic rings. The molecule has 0 saturated heterocycles. The number of hydrogen-bond donors (Lipinski definition) is 2. The Morgan fingerprint density at radius 3 is 2.13 bits per heavy atom. The summed E-state index contributed by atoms with van der Waals surface area (Å²) in [7, 11) is 0. The van der Waals surface area contributed by atoms with Gasteiger partial charge in [-0.2, -0.15) is 0 Å². The van der Waals surface area contributed by atoms with E-state index in [-0.39, 0.29) is 5.91 Å². The van der Waals surface area contributed by atoms with Crippen molar-refractivity contribution in [1.29, 1.82) is 0 Å². The largest absolute Gasteiger partial charge is 0.449 e. The van der Waals surface area contributed by atoms with Gasteiger partial charge >= 0.3 is 5.97 Å². The molecule has 0 bridgehead atoms. The summed E-state index contributed by atoms with van der Waals surface area (Å²) in [5.41, 5.74) is 5.05. The summed E-state index contributed by atoms with van der Waals surface area (Å²) < 4.78 is 5.33. The Balaban J connectivity index is 1.59. The number of rotatable bonds is 6. The quantitative estimate of drug-likeness (QED) is 0.565. The van der Waals surface area contributed by atoms with Crippen LogP contribution in [-0.4, -0.2) is 27.9 Å². The number of aromatic amines is 1. The van der Waals surface area contributed by atoms with Gasteiger partial charge in [0.05, 0.1) is 11.3 Å². The molecule has 0 aliphatic rings. The van der Waals surface area contributed by atoms with Crippen LogP contribution in [-0.2, 0) is 9.53 Å². The maximum absolute atomic E-state index is 12.4. The lowest BCUT2D eigenvalue weighted by Gasteiger charge is -2.14. The normalized spacial score (nSPS) is 11.9. The second kappa shape index (κ2) is 8.95. The predicted octanol–water partition coefficient (Wildman–Crippen LogP) is 5.00. The molecule has 30 heavy (non-hydrogen) atoms. The summed E-state index contributed by atoms with van der Waals surface area (Å²) in [6.07, 6.45) is -0.919. The smallest absolute Gasteiger partial charge is 0.338 e. The van der Waals surface area contributed by atoms with E-state index in [1.165, 1.54) is 5.56 Å². The van der Waals surface area contributed by atoms with Crippen molar-refractivity contribution in [1.82, 2.24) is 9.97 Å². The fraction of sp³-hybridized carbons (Fsp3) is 0.292. The molecule has 0 aliphatic heterocycles. The van der Waals surface area contributed by atoms with E-state index in [2.05, 4.69) is 29.1 Å². The molecule has 2 aromatic carbocycles. The average molecular weight is 405 g/mol. The number of aromatic nitrogens is 2. The summed E-state index contributed by atoms with van der Waals surface area (Å²) in [6, 6.07) is 14.6. The first kappa shape index (κ1) is 21.3. The van der Waals surface area contributed by atoms with E-state index in [0.29, 0.717) is 17.2 Å². The number of carbonyl (C=O) groups excluding carboxylic acids is 2. The van der Waals surface area contributed by atoms with Crippen LogP contribution in [0.4, 0.5) is 5.69 Å². The van der Waals surface area contributed by atoms with Crippen molar-refractivity contribution >= 4 is 17.6 Å². The standard InChI is InChI=1S/C24H27N3O3/c1-14(2)18-10-12-21(13-11-18)27-23(28)17(5)30-24(29)20-8-6-19(7-9-20)22-25-15(3)16(4)26-22/h6-14,17H,1-5H3,(H,25,26)(H,27,28). The molecule has 2 N–H and O–H groups in total. The molecule has 6 heteroatoms. The van der Waals surface area contributed by atoms with Gasteiger partial charge in [-0.1, -0.05) is 38.1 Å².